The Balaban J connectivity index is 2.36. The number of furan rings is 1. The maximum absolute atomic E-state index is 10.3. The third-order valence-corrected chi connectivity index (χ3v) is 1.59. The summed E-state index contributed by atoms with van der Waals surface area (Å²) < 4.78 is 5.03. The van der Waals surface area contributed by atoms with Crippen molar-refractivity contribution in [1.29, 1.82) is 0 Å². The molecule has 0 saturated heterocycles. The maximum Gasteiger partial charge on any atom is 0.305 e. The van der Waals surface area contributed by atoms with Crippen LogP contribution in [0.25, 0.3) is 11.6 Å². The van der Waals surface area contributed by atoms with Crippen LogP contribution in [0, 0.1) is 10.1 Å². The normalized spacial score (nSPS) is 10.0. The minimum atomic E-state index is -0.550. The lowest BCUT2D eigenvalue weighted by Crippen LogP contribution is -1.92. The Bertz CT molecular complexity index is 435. The van der Waals surface area contributed by atoms with Crippen molar-refractivity contribution in [1.82, 2.24) is 9.97 Å². The molecule has 14 heavy (non-hydrogen) atoms. The van der Waals surface area contributed by atoms with Gasteiger partial charge in [0.1, 0.15) is 12.4 Å². The first-order valence-corrected chi connectivity index (χ1v) is 3.77. The molecule has 0 aliphatic carbocycles. The molecular formula is C8H5N3O3. The second-order valence-corrected chi connectivity index (χ2v) is 2.50. The van der Waals surface area contributed by atoms with Gasteiger partial charge in [-0.25, -0.2) is 9.97 Å². The molecule has 0 amide bonds. The van der Waals surface area contributed by atoms with Gasteiger partial charge in [-0.2, -0.15) is 0 Å². The van der Waals surface area contributed by atoms with Crippen molar-refractivity contribution in [3.8, 4) is 11.6 Å². The Labute approximate surface area is 78.4 Å². The van der Waals surface area contributed by atoms with Crippen molar-refractivity contribution in [3.63, 3.8) is 0 Å². The lowest BCUT2D eigenvalue weighted by Gasteiger charge is -1.93. The lowest BCUT2D eigenvalue weighted by molar-refractivity contribution is -0.385. The molecule has 70 valence electrons. The highest BCUT2D eigenvalue weighted by Crippen LogP contribution is 2.16. The van der Waals surface area contributed by atoms with E-state index in [2.05, 4.69) is 9.97 Å². The number of aromatic nitrogens is 2. The highest BCUT2D eigenvalue weighted by Gasteiger charge is 2.08. The molecule has 0 radical (unpaired) electrons. The molecule has 2 rings (SSSR count). The van der Waals surface area contributed by atoms with Gasteiger partial charge in [-0.3, -0.25) is 10.1 Å². The van der Waals surface area contributed by atoms with Crippen LogP contribution in [0.15, 0.2) is 35.2 Å². The molecule has 2 aromatic rings. The predicted octanol–water partition coefficient (Wildman–Crippen LogP) is 1.64. The smallest absolute Gasteiger partial charge is 0.305 e. The second kappa shape index (κ2) is 3.25. The Morgan fingerprint density at radius 1 is 1.36 bits per heavy atom. The standard InChI is InChI=1S/C8H5N3O3/c12-11(13)6-4-9-8(10-5-6)7-2-1-3-14-7/h1-5H. The molecule has 0 saturated carbocycles. The van der Waals surface area contributed by atoms with Gasteiger partial charge in [-0.1, -0.05) is 0 Å². The Hall–Kier alpha value is -2.24. The summed E-state index contributed by atoms with van der Waals surface area (Å²) in [5.74, 6) is 0.820. The van der Waals surface area contributed by atoms with Crippen LogP contribution in [0.5, 0.6) is 0 Å². The summed E-state index contributed by atoms with van der Waals surface area (Å²) >= 11 is 0. The number of rotatable bonds is 2. The van der Waals surface area contributed by atoms with Crippen LogP contribution in [0.3, 0.4) is 0 Å². The van der Waals surface area contributed by atoms with Crippen LogP contribution in [0.1, 0.15) is 0 Å². The van der Waals surface area contributed by atoms with Crippen LogP contribution >= 0.6 is 0 Å². The van der Waals surface area contributed by atoms with E-state index in [9.17, 15) is 10.1 Å². The summed E-state index contributed by atoms with van der Waals surface area (Å²) in [6, 6.07) is 3.38. The van der Waals surface area contributed by atoms with Crippen LogP contribution in [-0.2, 0) is 0 Å². The second-order valence-electron chi connectivity index (χ2n) is 2.50. The molecule has 0 N–H and O–H groups in total. The minimum Gasteiger partial charge on any atom is -0.461 e. The molecular weight excluding hydrogens is 186 g/mol. The molecule has 0 aromatic carbocycles. The first-order chi connectivity index (χ1) is 6.77. The summed E-state index contributed by atoms with van der Waals surface area (Å²) in [5, 5.41) is 10.3. The third kappa shape index (κ3) is 1.45. The van der Waals surface area contributed by atoms with E-state index >= 15 is 0 Å². The number of nitro groups is 1. The Kier molecular flexibility index (Phi) is 1.94. The van der Waals surface area contributed by atoms with Crippen molar-refractivity contribution < 1.29 is 9.34 Å². The fourth-order valence-electron chi connectivity index (χ4n) is 0.949. The van der Waals surface area contributed by atoms with E-state index in [-0.39, 0.29) is 5.69 Å². The SMILES string of the molecule is O=[N+]([O-])c1cnc(-c2ccco2)nc1. The van der Waals surface area contributed by atoms with E-state index < -0.39 is 4.92 Å². The average molecular weight is 191 g/mol. The van der Waals surface area contributed by atoms with E-state index in [1.165, 1.54) is 6.26 Å². The largest absolute Gasteiger partial charge is 0.461 e. The molecule has 6 nitrogen and oxygen atoms in total. The van der Waals surface area contributed by atoms with E-state index in [0.717, 1.165) is 12.4 Å². The monoisotopic (exact) mass is 191 g/mol. The summed E-state index contributed by atoms with van der Waals surface area (Å²) in [7, 11) is 0. The summed E-state index contributed by atoms with van der Waals surface area (Å²) in [6.07, 6.45) is 3.77. The molecule has 0 bridgehead atoms. The van der Waals surface area contributed by atoms with Gasteiger partial charge in [-0.15, -0.1) is 0 Å². The highest BCUT2D eigenvalue weighted by molar-refractivity contribution is 5.46. The first-order valence-electron chi connectivity index (χ1n) is 3.77. The van der Waals surface area contributed by atoms with Crippen LogP contribution in [0.4, 0.5) is 5.69 Å². The van der Waals surface area contributed by atoms with E-state index in [1.807, 2.05) is 0 Å². The fourth-order valence-corrected chi connectivity index (χ4v) is 0.949. The van der Waals surface area contributed by atoms with E-state index in [4.69, 9.17) is 4.42 Å². The summed E-state index contributed by atoms with van der Waals surface area (Å²) in [4.78, 5) is 17.3. The van der Waals surface area contributed by atoms with Crippen LogP contribution in [-0.4, -0.2) is 14.9 Å². The number of nitrogens with zero attached hydrogens (tertiary/aromatic N) is 3. The molecule has 0 fully saturated rings. The average Bonchev–Trinajstić information content (AvgIpc) is 2.71. The van der Waals surface area contributed by atoms with Gasteiger partial charge in [0.15, 0.2) is 11.6 Å². The molecule has 6 heteroatoms. The van der Waals surface area contributed by atoms with Crippen LogP contribution in [0.2, 0.25) is 0 Å². The highest BCUT2D eigenvalue weighted by atomic mass is 16.6. The number of hydrogen-bond acceptors (Lipinski definition) is 5. The molecule has 0 atom stereocenters. The molecule has 0 aliphatic rings. The van der Waals surface area contributed by atoms with Crippen molar-refractivity contribution in [2.45, 2.75) is 0 Å². The van der Waals surface area contributed by atoms with Crippen molar-refractivity contribution in [2.75, 3.05) is 0 Å². The zero-order valence-corrected chi connectivity index (χ0v) is 6.95. The predicted molar refractivity (Wildman–Crippen MR) is 46.4 cm³/mol. The van der Waals surface area contributed by atoms with Gasteiger partial charge >= 0.3 is 5.69 Å². The van der Waals surface area contributed by atoms with Gasteiger partial charge in [0.05, 0.1) is 11.2 Å². The maximum atomic E-state index is 10.3. The summed E-state index contributed by atoms with van der Waals surface area (Å²) in [6.45, 7) is 0. The van der Waals surface area contributed by atoms with Crippen molar-refractivity contribution in [2.24, 2.45) is 0 Å². The van der Waals surface area contributed by atoms with Gasteiger partial charge in [0, 0.05) is 0 Å². The Morgan fingerprint density at radius 2 is 2.07 bits per heavy atom. The number of hydrogen-bond donors (Lipinski definition) is 0. The van der Waals surface area contributed by atoms with Gasteiger partial charge < -0.3 is 4.42 Å². The van der Waals surface area contributed by atoms with Crippen molar-refractivity contribution >= 4 is 5.69 Å². The van der Waals surface area contributed by atoms with E-state index in [1.54, 1.807) is 12.1 Å². The lowest BCUT2D eigenvalue weighted by atomic mass is 10.4. The molecule has 0 aliphatic heterocycles. The third-order valence-electron chi connectivity index (χ3n) is 1.59. The Morgan fingerprint density at radius 3 is 2.57 bits per heavy atom. The van der Waals surface area contributed by atoms with Gasteiger partial charge in [0.25, 0.3) is 0 Å². The summed E-state index contributed by atoms with van der Waals surface area (Å²) in [5.41, 5.74) is -0.139. The first kappa shape index (κ1) is 8.36. The fraction of sp³-hybridized carbons (Fsp3) is 0. The zero-order chi connectivity index (χ0) is 9.97. The molecule has 0 spiro atoms. The minimum absolute atomic E-state index is 0.139. The quantitative estimate of drug-likeness (QED) is 0.532. The van der Waals surface area contributed by atoms with Gasteiger partial charge in [-0.05, 0) is 12.1 Å². The molecule has 0 unspecified atom stereocenters. The topological polar surface area (TPSA) is 82.1 Å². The molecule has 2 aromatic heterocycles. The van der Waals surface area contributed by atoms with Crippen LogP contribution < -0.4 is 0 Å². The van der Waals surface area contributed by atoms with Crippen molar-refractivity contribution in [3.05, 3.63) is 40.9 Å². The van der Waals surface area contributed by atoms with Gasteiger partial charge in [0.2, 0.25) is 0 Å². The van der Waals surface area contributed by atoms with E-state index in [0.29, 0.717) is 11.6 Å². The zero-order valence-electron chi connectivity index (χ0n) is 6.95. The molecule has 2 heterocycles.